The minimum Gasteiger partial charge on any atom is -0.467 e. The first-order valence-corrected chi connectivity index (χ1v) is 11.4. The SMILES string of the molecule is C[C@H]1CCc2c(sc3nc(CN4CCOCC4)nc(N[C@H](C)c4ccco4)c23)C1. The molecule has 0 radical (unpaired) electrons. The number of hydrogen-bond acceptors (Lipinski definition) is 7. The minimum atomic E-state index is 0.0531. The van der Waals surface area contributed by atoms with E-state index in [-0.39, 0.29) is 6.04 Å². The van der Waals surface area contributed by atoms with E-state index in [1.807, 2.05) is 23.5 Å². The summed E-state index contributed by atoms with van der Waals surface area (Å²) < 4.78 is 11.1. The van der Waals surface area contributed by atoms with Crippen molar-refractivity contribution in [2.75, 3.05) is 31.6 Å². The van der Waals surface area contributed by atoms with E-state index in [0.717, 1.165) is 73.8 Å². The fourth-order valence-corrected chi connectivity index (χ4v) is 5.74. The quantitative estimate of drug-likeness (QED) is 0.670. The van der Waals surface area contributed by atoms with E-state index >= 15 is 0 Å². The average Bonchev–Trinajstić information content (AvgIpc) is 3.36. The molecule has 7 heteroatoms. The Bertz CT molecular complexity index is 979. The standard InChI is InChI=1S/C22H28N4O2S/c1-14-5-6-16-18(12-14)29-22-20(16)21(23-15(2)17-4-3-9-28-17)24-19(25-22)13-26-7-10-27-11-8-26/h3-4,9,14-15H,5-8,10-13H2,1-2H3,(H,23,24,25)/t14-,15+/m0/s1. The van der Waals surface area contributed by atoms with Crippen LogP contribution in [0.2, 0.25) is 0 Å². The van der Waals surface area contributed by atoms with Crippen molar-refractivity contribution < 1.29 is 9.15 Å². The van der Waals surface area contributed by atoms with Crippen LogP contribution in [-0.2, 0) is 24.1 Å². The lowest BCUT2D eigenvalue weighted by molar-refractivity contribution is 0.0331. The van der Waals surface area contributed by atoms with Crippen LogP contribution in [0, 0.1) is 5.92 Å². The predicted molar refractivity (Wildman–Crippen MR) is 115 cm³/mol. The third-order valence-corrected chi connectivity index (χ3v) is 7.14. The molecule has 2 aliphatic rings. The second kappa shape index (κ2) is 8.05. The number of hydrogen-bond donors (Lipinski definition) is 1. The molecule has 6 nitrogen and oxygen atoms in total. The van der Waals surface area contributed by atoms with Gasteiger partial charge < -0.3 is 14.5 Å². The van der Waals surface area contributed by atoms with E-state index in [2.05, 4.69) is 24.1 Å². The number of fused-ring (bicyclic) bond motifs is 3. The molecule has 2 atom stereocenters. The van der Waals surface area contributed by atoms with Gasteiger partial charge in [0.15, 0.2) is 0 Å². The van der Waals surface area contributed by atoms with Gasteiger partial charge in [-0.3, -0.25) is 4.90 Å². The van der Waals surface area contributed by atoms with Gasteiger partial charge in [-0.25, -0.2) is 9.97 Å². The highest BCUT2D eigenvalue weighted by atomic mass is 32.1. The van der Waals surface area contributed by atoms with Crippen LogP contribution in [0.15, 0.2) is 22.8 Å². The fraction of sp³-hybridized carbons (Fsp3) is 0.545. The van der Waals surface area contributed by atoms with Crippen LogP contribution in [0.25, 0.3) is 10.2 Å². The first kappa shape index (κ1) is 19.0. The Balaban J connectivity index is 1.53. The maximum atomic E-state index is 5.61. The molecule has 5 rings (SSSR count). The van der Waals surface area contributed by atoms with Gasteiger partial charge in [-0.15, -0.1) is 11.3 Å². The molecule has 0 spiro atoms. The van der Waals surface area contributed by atoms with Crippen LogP contribution in [0.4, 0.5) is 5.82 Å². The van der Waals surface area contributed by atoms with Crippen LogP contribution in [0.5, 0.6) is 0 Å². The Kier molecular flexibility index (Phi) is 5.28. The topological polar surface area (TPSA) is 63.4 Å². The van der Waals surface area contributed by atoms with Crippen LogP contribution in [0.3, 0.4) is 0 Å². The zero-order chi connectivity index (χ0) is 19.8. The third kappa shape index (κ3) is 3.91. The molecule has 1 aliphatic carbocycles. The van der Waals surface area contributed by atoms with Gasteiger partial charge >= 0.3 is 0 Å². The van der Waals surface area contributed by atoms with E-state index in [1.54, 1.807) is 6.26 Å². The smallest absolute Gasteiger partial charge is 0.146 e. The minimum absolute atomic E-state index is 0.0531. The number of anilines is 1. The molecule has 0 amide bonds. The van der Waals surface area contributed by atoms with Gasteiger partial charge in [0.05, 0.1) is 37.4 Å². The van der Waals surface area contributed by atoms with Crippen molar-refractivity contribution in [2.24, 2.45) is 5.92 Å². The zero-order valence-corrected chi connectivity index (χ0v) is 17.9. The van der Waals surface area contributed by atoms with Gasteiger partial charge in [-0.1, -0.05) is 6.92 Å². The molecule has 0 saturated carbocycles. The highest BCUT2D eigenvalue weighted by Gasteiger charge is 2.25. The molecule has 1 saturated heterocycles. The summed E-state index contributed by atoms with van der Waals surface area (Å²) in [5.41, 5.74) is 1.45. The van der Waals surface area contributed by atoms with Gasteiger partial charge in [0.2, 0.25) is 0 Å². The number of thiophene rings is 1. The Morgan fingerprint density at radius 3 is 2.97 bits per heavy atom. The molecule has 0 bridgehead atoms. The van der Waals surface area contributed by atoms with Crippen molar-refractivity contribution >= 4 is 27.4 Å². The second-order valence-electron chi connectivity index (χ2n) is 8.29. The summed E-state index contributed by atoms with van der Waals surface area (Å²) in [6, 6.07) is 3.99. The molecule has 29 heavy (non-hydrogen) atoms. The summed E-state index contributed by atoms with van der Waals surface area (Å²) in [7, 11) is 0. The van der Waals surface area contributed by atoms with Gasteiger partial charge in [0.1, 0.15) is 22.2 Å². The summed E-state index contributed by atoms with van der Waals surface area (Å²) in [5, 5.41) is 4.85. The van der Waals surface area contributed by atoms with Gasteiger partial charge in [0, 0.05) is 18.0 Å². The Hall–Kier alpha value is -1.96. The van der Waals surface area contributed by atoms with Crippen molar-refractivity contribution in [3.8, 4) is 0 Å². The lowest BCUT2D eigenvalue weighted by atomic mass is 9.89. The van der Waals surface area contributed by atoms with E-state index < -0.39 is 0 Å². The normalized spacial score (nSPS) is 21.2. The largest absolute Gasteiger partial charge is 0.467 e. The van der Waals surface area contributed by atoms with Crippen molar-refractivity contribution in [2.45, 2.75) is 45.7 Å². The summed E-state index contributed by atoms with van der Waals surface area (Å²) in [6.07, 6.45) is 5.23. The van der Waals surface area contributed by atoms with Gasteiger partial charge in [-0.05, 0) is 49.8 Å². The Labute approximate surface area is 175 Å². The fourth-order valence-electron chi connectivity index (χ4n) is 4.33. The first-order chi connectivity index (χ1) is 14.2. The molecule has 154 valence electrons. The summed E-state index contributed by atoms with van der Waals surface area (Å²) in [5.74, 6) is 3.51. The highest BCUT2D eigenvalue weighted by Crippen LogP contribution is 2.40. The summed E-state index contributed by atoms with van der Waals surface area (Å²) >= 11 is 1.86. The van der Waals surface area contributed by atoms with Crippen LogP contribution < -0.4 is 5.32 Å². The van der Waals surface area contributed by atoms with E-state index in [4.69, 9.17) is 19.1 Å². The number of aromatic nitrogens is 2. The van der Waals surface area contributed by atoms with E-state index in [1.165, 1.54) is 22.2 Å². The molecule has 0 unspecified atom stereocenters. The van der Waals surface area contributed by atoms with Crippen molar-refractivity contribution in [3.63, 3.8) is 0 Å². The lowest BCUT2D eigenvalue weighted by Gasteiger charge is -2.26. The van der Waals surface area contributed by atoms with Gasteiger partial charge in [0.25, 0.3) is 0 Å². The summed E-state index contributed by atoms with van der Waals surface area (Å²) in [6.45, 7) is 8.68. The maximum Gasteiger partial charge on any atom is 0.146 e. The molecule has 1 fully saturated rings. The number of aryl methyl sites for hydroxylation is 1. The number of morpholine rings is 1. The monoisotopic (exact) mass is 412 g/mol. The summed E-state index contributed by atoms with van der Waals surface area (Å²) in [4.78, 5) is 15.0. The predicted octanol–water partition coefficient (Wildman–Crippen LogP) is 4.41. The Morgan fingerprint density at radius 2 is 2.17 bits per heavy atom. The van der Waals surface area contributed by atoms with Crippen LogP contribution in [-0.4, -0.2) is 41.2 Å². The van der Waals surface area contributed by atoms with Crippen molar-refractivity contribution in [1.82, 2.24) is 14.9 Å². The third-order valence-electron chi connectivity index (χ3n) is 5.99. The van der Waals surface area contributed by atoms with Crippen LogP contribution >= 0.6 is 11.3 Å². The molecular weight excluding hydrogens is 384 g/mol. The van der Waals surface area contributed by atoms with E-state index in [0.29, 0.717) is 0 Å². The van der Waals surface area contributed by atoms with E-state index in [9.17, 15) is 0 Å². The van der Waals surface area contributed by atoms with Gasteiger partial charge in [-0.2, -0.15) is 0 Å². The van der Waals surface area contributed by atoms with Crippen molar-refractivity contribution in [1.29, 1.82) is 0 Å². The second-order valence-corrected chi connectivity index (χ2v) is 9.37. The maximum absolute atomic E-state index is 5.61. The lowest BCUT2D eigenvalue weighted by Crippen LogP contribution is -2.36. The number of nitrogens with one attached hydrogen (secondary N) is 1. The zero-order valence-electron chi connectivity index (χ0n) is 17.1. The molecule has 1 aliphatic heterocycles. The van der Waals surface area contributed by atoms with Crippen LogP contribution in [0.1, 0.15) is 48.3 Å². The highest BCUT2D eigenvalue weighted by molar-refractivity contribution is 7.19. The molecular formula is C22H28N4O2S. The number of furan rings is 1. The molecule has 1 N–H and O–H groups in total. The number of ether oxygens (including phenoxy) is 1. The molecule has 0 aromatic carbocycles. The molecule has 3 aromatic heterocycles. The number of rotatable bonds is 5. The first-order valence-electron chi connectivity index (χ1n) is 10.6. The Morgan fingerprint density at radius 1 is 1.31 bits per heavy atom. The average molecular weight is 413 g/mol. The molecule has 4 heterocycles. The van der Waals surface area contributed by atoms with Crippen molar-refractivity contribution in [3.05, 3.63) is 40.4 Å². The number of nitrogens with zero attached hydrogens (tertiary/aromatic N) is 3. The molecule has 3 aromatic rings.